The summed E-state index contributed by atoms with van der Waals surface area (Å²) in [7, 11) is -3.10. The maximum Gasteiger partial charge on any atom is 0.208 e. The Labute approximate surface area is 127 Å². The minimum atomic E-state index is -3.10. The third kappa shape index (κ3) is 4.37. The van der Waals surface area contributed by atoms with Crippen LogP contribution in [-0.2, 0) is 16.4 Å². The lowest BCUT2D eigenvalue weighted by Crippen LogP contribution is -2.23. The van der Waals surface area contributed by atoms with Crippen molar-refractivity contribution in [2.24, 2.45) is 0 Å². The van der Waals surface area contributed by atoms with Crippen LogP contribution in [0.5, 0.6) is 0 Å². The molecule has 1 N–H and O–H groups in total. The van der Waals surface area contributed by atoms with E-state index in [-0.39, 0.29) is 0 Å². The van der Waals surface area contributed by atoms with Crippen molar-refractivity contribution >= 4 is 32.7 Å². The van der Waals surface area contributed by atoms with Crippen LogP contribution in [0, 0.1) is 0 Å². The Kier molecular flexibility index (Phi) is 4.95. The van der Waals surface area contributed by atoms with E-state index in [1.54, 1.807) is 22.7 Å². The third-order valence-electron chi connectivity index (χ3n) is 2.67. The first-order valence-corrected chi connectivity index (χ1v) is 9.93. The molecule has 4 nitrogen and oxygen atoms in total. The molecule has 2 heterocycles. The number of hydrogen-bond acceptors (Lipinski definition) is 5. The van der Waals surface area contributed by atoms with Crippen LogP contribution in [-0.4, -0.2) is 26.2 Å². The molecule has 20 heavy (non-hydrogen) atoms. The second-order valence-electron chi connectivity index (χ2n) is 4.91. The molecular formula is C13H18N2O2S3. The molecule has 0 aliphatic rings. The Morgan fingerprint density at radius 3 is 2.70 bits per heavy atom. The zero-order valence-electron chi connectivity index (χ0n) is 11.7. The van der Waals surface area contributed by atoms with Crippen LogP contribution in [0.1, 0.15) is 29.7 Å². The topological polar surface area (TPSA) is 59.1 Å². The molecule has 0 atom stereocenters. The Balaban J connectivity index is 2.01. The van der Waals surface area contributed by atoms with Crippen molar-refractivity contribution in [3.63, 3.8) is 0 Å². The number of aromatic nitrogens is 1. The van der Waals surface area contributed by atoms with E-state index in [1.807, 2.05) is 6.07 Å². The summed E-state index contributed by atoms with van der Waals surface area (Å²) in [6.45, 7) is 4.71. The van der Waals surface area contributed by atoms with E-state index in [9.17, 15) is 8.42 Å². The van der Waals surface area contributed by atoms with Crippen LogP contribution < -0.4 is 4.72 Å². The number of nitrogens with zero attached hydrogens (tertiary/aromatic N) is 1. The molecule has 0 unspecified atom stereocenters. The lowest BCUT2D eigenvalue weighted by atomic mass is 10.2. The number of rotatable bonds is 6. The lowest BCUT2D eigenvalue weighted by molar-refractivity contribution is 0.588. The predicted molar refractivity (Wildman–Crippen MR) is 86.1 cm³/mol. The average molecular weight is 330 g/mol. The Morgan fingerprint density at radius 2 is 2.10 bits per heavy atom. The van der Waals surface area contributed by atoms with Gasteiger partial charge in [-0.05, 0) is 18.6 Å². The summed E-state index contributed by atoms with van der Waals surface area (Å²) in [4.78, 5) is 6.93. The Bertz CT molecular complexity index is 671. The largest absolute Gasteiger partial charge is 0.240 e. The zero-order chi connectivity index (χ0) is 14.8. The van der Waals surface area contributed by atoms with Crippen LogP contribution in [0.25, 0.3) is 10.6 Å². The van der Waals surface area contributed by atoms with Gasteiger partial charge in [-0.1, -0.05) is 13.8 Å². The van der Waals surface area contributed by atoms with E-state index >= 15 is 0 Å². The number of thiazole rings is 1. The molecule has 0 aliphatic carbocycles. The summed E-state index contributed by atoms with van der Waals surface area (Å²) in [5, 5.41) is 3.23. The molecule has 0 saturated heterocycles. The van der Waals surface area contributed by atoms with Gasteiger partial charge in [-0.15, -0.1) is 22.7 Å². The maximum atomic E-state index is 11.0. The van der Waals surface area contributed by atoms with Crippen molar-refractivity contribution in [3.05, 3.63) is 27.4 Å². The Morgan fingerprint density at radius 1 is 1.35 bits per heavy atom. The van der Waals surface area contributed by atoms with Crippen molar-refractivity contribution in [2.45, 2.75) is 26.2 Å². The molecule has 0 aliphatic heterocycles. The molecule has 0 fully saturated rings. The van der Waals surface area contributed by atoms with Crippen LogP contribution in [0.15, 0.2) is 17.5 Å². The fraction of sp³-hybridized carbons (Fsp3) is 0.462. The summed E-state index contributed by atoms with van der Waals surface area (Å²) in [6.07, 6.45) is 1.88. The molecule has 0 bridgehead atoms. The molecule has 0 aromatic carbocycles. The summed E-state index contributed by atoms with van der Waals surface area (Å²) < 4.78 is 24.5. The van der Waals surface area contributed by atoms with Gasteiger partial charge < -0.3 is 0 Å². The van der Waals surface area contributed by atoms with E-state index < -0.39 is 10.0 Å². The molecule has 110 valence electrons. The van der Waals surface area contributed by atoms with Gasteiger partial charge in [0.15, 0.2) is 0 Å². The van der Waals surface area contributed by atoms with Gasteiger partial charge in [0.25, 0.3) is 0 Å². The smallest absolute Gasteiger partial charge is 0.208 e. The highest BCUT2D eigenvalue weighted by Crippen LogP contribution is 2.31. The van der Waals surface area contributed by atoms with Crippen molar-refractivity contribution in [2.75, 3.05) is 12.8 Å². The summed E-state index contributed by atoms with van der Waals surface area (Å²) >= 11 is 3.36. The van der Waals surface area contributed by atoms with Gasteiger partial charge in [-0.3, -0.25) is 0 Å². The number of nitrogens with one attached hydrogen (secondary N) is 1. The fourth-order valence-electron chi connectivity index (χ4n) is 1.68. The molecule has 0 amide bonds. The monoisotopic (exact) mass is 330 g/mol. The molecular weight excluding hydrogens is 312 g/mol. The molecule has 2 aromatic rings. The van der Waals surface area contributed by atoms with Gasteiger partial charge >= 0.3 is 0 Å². The summed E-state index contributed by atoms with van der Waals surface area (Å²) in [5.41, 5.74) is 1.02. The van der Waals surface area contributed by atoms with Gasteiger partial charge in [-0.25, -0.2) is 18.1 Å². The summed E-state index contributed by atoms with van der Waals surface area (Å²) in [6, 6.07) is 4.10. The zero-order valence-corrected chi connectivity index (χ0v) is 14.2. The minimum absolute atomic E-state index is 0.438. The van der Waals surface area contributed by atoms with E-state index in [0.717, 1.165) is 20.5 Å². The van der Waals surface area contributed by atoms with Gasteiger partial charge in [0.1, 0.15) is 0 Å². The fourth-order valence-corrected chi connectivity index (χ4v) is 4.03. The molecule has 0 spiro atoms. The summed E-state index contributed by atoms with van der Waals surface area (Å²) in [5.74, 6) is 0.451. The first kappa shape index (κ1) is 15.6. The minimum Gasteiger partial charge on any atom is -0.240 e. The van der Waals surface area contributed by atoms with Crippen LogP contribution >= 0.6 is 22.7 Å². The highest BCUT2D eigenvalue weighted by Gasteiger charge is 2.10. The Hall–Kier alpha value is -0.760. The second kappa shape index (κ2) is 6.34. The molecule has 2 rings (SSSR count). The van der Waals surface area contributed by atoms with Crippen molar-refractivity contribution in [1.29, 1.82) is 0 Å². The molecule has 0 radical (unpaired) electrons. The average Bonchev–Trinajstić information content (AvgIpc) is 2.94. The SMILES string of the molecule is CC(C)c1nc(-c2ccc(CCNS(C)(=O)=O)s2)cs1. The standard InChI is InChI=1S/C13H18N2O2S3/c1-9(2)13-15-11(8-18-13)12-5-4-10(19-12)6-7-14-20(3,16)17/h4-5,8-9,14H,6-7H2,1-3H3. The highest BCUT2D eigenvalue weighted by atomic mass is 32.2. The normalized spacial score (nSPS) is 12.2. The first-order valence-electron chi connectivity index (χ1n) is 6.34. The quantitative estimate of drug-likeness (QED) is 0.885. The van der Waals surface area contributed by atoms with Crippen molar-refractivity contribution in [3.8, 4) is 10.6 Å². The highest BCUT2D eigenvalue weighted by molar-refractivity contribution is 7.88. The number of sulfonamides is 1. The van der Waals surface area contributed by atoms with Gasteiger partial charge in [0.2, 0.25) is 10.0 Å². The van der Waals surface area contributed by atoms with Crippen LogP contribution in [0.2, 0.25) is 0 Å². The number of thiophene rings is 1. The third-order valence-corrected chi connectivity index (χ3v) is 5.71. The van der Waals surface area contributed by atoms with E-state index in [4.69, 9.17) is 0 Å². The maximum absolute atomic E-state index is 11.0. The lowest BCUT2D eigenvalue weighted by Gasteiger charge is -1.99. The van der Waals surface area contributed by atoms with Crippen LogP contribution in [0.4, 0.5) is 0 Å². The molecule has 0 saturated carbocycles. The first-order chi connectivity index (χ1) is 9.35. The number of hydrogen-bond donors (Lipinski definition) is 1. The predicted octanol–water partition coefficient (Wildman–Crippen LogP) is 3.09. The van der Waals surface area contributed by atoms with E-state index in [1.165, 1.54) is 6.26 Å². The van der Waals surface area contributed by atoms with Gasteiger partial charge in [0, 0.05) is 22.7 Å². The van der Waals surface area contributed by atoms with E-state index in [2.05, 4.69) is 35.0 Å². The van der Waals surface area contributed by atoms with Crippen molar-refractivity contribution < 1.29 is 8.42 Å². The van der Waals surface area contributed by atoms with Gasteiger partial charge in [0.05, 0.1) is 21.8 Å². The van der Waals surface area contributed by atoms with Gasteiger partial charge in [-0.2, -0.15) is 0 Å². The molecule has 2 aromatic heterocycles. The van der Waals surface area contributed by atoms with Crippen LogP contribution in [0.3, 0.4) is 0 Å². The van der Waals surface area contributed by atoms with Crippen molar-refractivity contribution in [1.82, 2.24) is 9.71 Å². The molecule has 7 heteroatoms. The van der Waals surface area contributed by atoms with E-state index in [0.29, 0.717) is 18.9 Å². The second-order valence-corrected chi connectivity index (χ2v) is 8.80.